The van der Waals surface area contributed by atoms with Crippen LogP contribution in [-0.4, -0.2) is 5.78 Å². The van der Waals surface area contributed by atoms with Crippen LogP contribution in [0, 0.1) is 0 Å². The van der Waals surface area contributed by atoms with E-state index in [0.29, 0.717) is 0 Å². The Morgan fingerprint density at radius 1 is 1.00 bits per heavy atom. The molecule has 2 aromatic carbocycles. The zero-order chi connectivity index (χ0) is 11.5. The minimum atomic E-state index is 0.0959. The molecule has 0 aliphatic carbocycles. The lowest BCUT2D eigenvalue weighted by Gasteiger charge is -2.06. The maximum absolute atomic E-state index is 11.5. The van der Waals surface area contributed by atoms with Crippen LogP contribution in [-0.2, 0) is 0 Å². The monoisotopic (exact) mass is 274 g/mol. The van der Waals surface area contributed by atoms with Crippen LogP contribution >= 0.6 is 15.9 Å². The van der Waals surface area contributed by atoms with E-state index in [2.05, 4.69) is 15.9 Å². The number of Topliss-reactive ketones (excluding diaryl/α,β-unsaturated/α-hetero) is 1. The third-order valence-electron chi connectivity index (χ3n) is 2.46. The van der Waals surface area contributed by atoms with Gasteiger partial charge in [-0.25, -0.2) is 0 Å². The molecule has 0 saturated heterocycles. The third kappa shape index (κ3) is 2.22. The predicted molar refractivity (Wildman–Crippen MR) is 69.6 cm³/mol. The van der Waals surface area contributed by atoms with E-state index in [0.717, 1.165) is 21.2 Å². The Morgan fingerprint density at radius 3 is 2.25 bits per heavy atom. The molecule has 0 fully saturated rings. The molecular formula is C14H11BrO. The first kappa shape index (κ1) is 11.1. The summed E-state index contributed by atoms with van der Waals surface area (Å²) in [6, 6.07) is 15.6. The van der Waals surface area contributed by atoms with E-state index in [1.54, 1.807) is 6.92 Å². The minimum Gasteiger partial charge on any atom is -0.294 e. The normalized spacial score (nSPS) is 10.1. The summed E-state index contributed by atoms with van der Waals surface area (Å²) in [5.74, 6) is 0.0959. The van der Waals surface area contributed by atoms with E-state index < -0.39 is 0 Å². The fourth-order valence-electron chi connectivity index (χ4n) is 1.67. The fourth-order valence-corrected chi connectivity index (χ4v) is 1.94. The average Bonchev–Trinajstić information content (AvgIpc) is 2.30. The molecule has 2 heteroatoms. The molecule has 1 nitrogen and oxygen atoms in total. The van der Waals surface area contributed by atoms with Crippen molar-refractivity contribution in [3.8, 4) is 11.1 Å². The summed E-state index contributed by atoms with van der Waals surface area (Å²) >= 11 is 3.40. The van der Waals surface area contributed by atoms with Crippen LogP contribution in [0.5, 0.6) is 0 Å². The van der Waals surface area contributed by atoms with Crippen LogP contribution in [0.4, 0.5) is 0 Å². The standard InChI is InChI=1S/C14H11BrO/c1-10(16)13-4-2-3-5-14(13)11-6-8-12(15)9-7-11/h2-9H,1H3. The lowest BCUT2D eigenvalue weighted by molar-refractivity contribution is 0.101. The summed E-state index contributed by atoms with van der Waals surface area (Å²) in [5, 5.41) is 0. The number of benzene rings is 2. The molecule has 16 heavy (non-hydrogen) atoms. The molecule has 2 aromatic rings. The smallest absolute Gasteiger partial charge is 0.160 e. The molecule has 2 rings (SSSR count). The second-order valence-electron chi connectivity index (χ2n) is 3.61. The van der Waals surface area contributed by atoms with Crippen molar-refractivity contribution in [3.05, 3.63) is 58.6 Å². The van der Waals surface area contributed by atoms with Gasteiger partial charge in [-0.3, -0.25) is 4.79 Å². The van der Waals surface area contributed by atoms with Gasteiger partial charge in [0.05, 0.1) is 0 Å². The molecule has 0 amide bonds. The van der Waals surface area contributed by atoms with Crippen molar-refractivity contribution in [2.24, 2.45) is 0 Å². The van der Waals surface area contributed by atoms with E-state index in [4.69, 9.17) is 0 Å². The Labute approximate surface area is 103 Å². The molecule has 0 aliphatic rings. The highest BCUT2D eigenvalue weighted by Gasteiger charge is 2.07. The van der Waals surface area contributed by atoms with Crippen molar-refractivity contribution >= 4 is 21.7 Å². The van der Waals surface area contributed by atoms with Crippen LogP contribution in [0.25, 0.3) is 11.1 Å². The molecule has 0 atom stereocenters. The molecular weight excluding hydrogens is 264 g/mol. The van der Waals surface area contributed by atoms with Gasteiger partial charge in [0, 0.05) is 10.0 Å². The Bertz CT molecular complexity index is 515. The molecule has 0 aromatic heterocycles. The molecule has 80 valence electrons. The van der Waals surface area contributed by atoms with E-state index >= 15 is 0 Å². The number of ketones is 1. The summed E-state index contributed by atoms with van der Waals surface area (Å²) in [7, 11) is 0. The SMILES string of the molecule is CC(=O)c1ccccc1-c1ccc(Br)cc1. The topological polar surface area (TPSA) is 17.1 Å². The number of halogens is 1. The van der Waals surface area contributed by atoms with Crippen LogP contribution in [0.15, 0.2) is 53.0 Å². The fraction of sp³-hybridized carbons (Fsp3) is 0.0714. The highest BCUT2D eigenvalue weighted by Crippen LogP contribution is 2.25. The first-order chi connectivity index (χ1) is 7.68. The maximum Gasteiger partial charge on any atom is 0.160 e. The van der Waals surface area contributed by atoms with Gasteiger partial charge in [0.15, 0.2) is 5.78 Å². The van der Waals surface area contributed by atoms with Crippen molar-refractivity contribution < 1.29 is 4.79 Å². The average molecular weight is 275 g/mol. The van der Waals surface area contributed by atoms with Crippen LogP contribution in [0.1, 0.15) is 17.3 Å². The minimum absolute atomic E-state index is 0.0959. The summed E-state index contributed by atoms with van der Waals surface area (Å²) < 4.78 is 1.04. The van der Waals surface area contributed by atoms with Crippen molar-refractivity contribution in [1.82, 2.24) is 0 Å². The number of carbonyl (C=O) groups is 1. The van der Waals surface area contributed by atoms with E-state index in [1.807, 2.05) is 48.5 Å². The van der Waals surface area contributed by atoms with Crippen molar-refractivity contribution in [2.45, 2.75) is 6.92 Å². The second-order valence-corrected chi connectivity index (χ2v) is 4.52. The lowest BCUT2D eigenvalue weighted by atomic mass is 9.98. The number of hydrogen-bond donors (Lipinski definition) is 0. The van der Waals surface area contributed by atoms with Crippen molar-refractivity contribution in [3.63, 3.8) is 0 Å². The Morgan fingerprint density at radius 2 is 1.62 bits per heavy atom. The second kappa shape index (κ2) is 4.62. The summed E-state index contributed by atoms with van der Waals surface area (Å²) in [6.07, 6.45) is 0. The van der Waals surface area contributed by atoms with Gasteiger partial charge in [-0.05, 0) is 30.2 Å². The molecule has 0 spiro atoms. The highest BCUT2D eigenvalue weighted by atomic mass is 79.9. The van der Waals surface area contributed by atoms with Crippen LogP contribution in [0.3, 0.4) is 0 Å². The molecule has 0 bridgehead atoms. The van der Waals surface area contributed by atoms with Gasteiger partial charge in [-0.2, -0.15) is 0 Å². The molecule has 0 radical (unpaired) electrons. The van der Waals surface area contributed by atoms with Crippen molar-refractivity contribution in [2.75, 3.05) is 0 Å². The first-order valence-corrected chi connectivity index (χ1v) is 5.83. The summed E-state index contributed by atoms with van der Waals surface area (Å²) in [5.41, 5.74) is 2.82. The van der Waals surface area contributed by atoms with Gasteiger partial charge in [0.25, 0.3) is 0 Å². The van der Waals surface area contributed by atoms with Crippen molar-refractivity contribution in [1.29, 1.82) is 0 Å². The summed E-state index contributed by atoms with van der Waals surface area (Å²) in [6.45, 7) is 1.59. The molecule has 0 unspecified atom stereocenters. The van der Waals surface area contributed by atoms with Gasteiger partial charge < -0.3 is 0 Å². The lowest BCUT2D eigenvalue weighted by Crippen LogP contribution is -1.95. The van der Waals surface area contributed by atoms with E-state index in [1.165, 1.54) is 0 Å². The van der Waals surface area contributed by atoms with E-state index in [-0.39, 0.29) is 5.78 Å². The molecule has 0 saturated carbocycles. The van der Waals surface area contributed by atoms with Gasteiger partial charge in [0.1, 0.15) is 0 Å². The zero-order valence-electron chi connectivity index (χ0n) is 8.91. The Hall–Kier alpha value is -1.41. The Balaban J connectivity index is 2.55. The van der Waals surface area contributed by atoms with Gasteiger partial charge >= 0.3 is 0 Å². The van der Waals surface area contributed by atoms with Crippen LogP contribution in [0.2, 0.25) is 0 Å². The van der Waals surface area contributed by atoms with Crippen LogP contribution < -0.4 is 0 Å². The number of rotatable bonds is 2. The maximum atomic E-state index is 11.5. The number of hydrogen-bond acceptors (Lipinski definition) is 1. The Kier molecular flexibility index (Phi) is 3.20. The first-order valence-electron chi connectivity index (χ1n) is 5.04. The summed E-state index contributed by atoms with van der Waals surface area (Å²) in [4.78, 5) is 11.5. The predicted octanol–water partition coefficient (Wildman–Crippen LogP) is 4.32. The zero-order valence-corrected chi connectivity index (χ0v) is 10.5. The number of carbonyl (C=O) groups excluding carboxylic acids is 1. The third-order valence-corrected chi connectivity index (χ3v) is 2.99. The molecule has 0 heterocycles. The van der Waals surface area contributed by atoms with Gasteiger partial charge in [-0.15, -0.1) is 0 Å². The molecule has 0 N–H and O–H groups in total. The molecule has 0 aliphatic heterocycles. The largest absolute Gasteiger partial charge is 0.294 e. The van der Waals surface area contributed by atoms with Gasteiger partial charge in [-0.1, -0.05) is 52.3 Å². The van der Waals surface area contributed by atoms with Gasteiger partial charge in [0.2, 0.25) is 0 Å². The highest BCUT2D eigenvalue weighted by molar-refractivity contribution is 9.10. The van der Waals surface area contributed by atoms with E-state index in [9.17, 15) is 4.79 Å². The quantitative estimate of drug-likeness (QED) is 0.746.